The van der Waals surface area contributed by atoms with Crippen LogP contribution in [0.25, 0.3) is 0 Å². The number of carbonyl (C=O) groups is 1. The van der Waals surface area contributed by atoms with Gasteiger partial charge in [-0.1, -0.05) is 31.4 Å². The number of hydrogen-bond donors (Lipinski definition) is 2. The number of nitrogens with one attached hydrogen (secondary N) is 2. The van der Waals surface area contributed by atoms with E-state index in [9.17, 15) is 14.0 Å². The number of rotatable bonds is 7. The third-order valence-corrected chi connectivity index (χ3v) is 6.27. The Kier molecular flexibility index (Phi) is 6.07. The molecule has 2 aromatic rings. The SMILES string of the molecule is O=C(CC1CCCC1)N[C@@H](Cc1cc(=O)[nH]c(C2CCC2)n1)c1ccc(F)cc1. The van der Waals surface area contributed by atoms with Gasteiger partial charge in [0.2, 0.25) is 5.91 Å². The van der Waals surface area contributed by atoms with Gasteiger partial charge in [-0.05, 0) is 49.3 Å². The van der Waals surface area contributed by atoms with Crippen molar-refractivity contribution in [3.63, 3.8) is 0 Å². The van der Waals surface area contributed by atoms with Crippen LogP contribution in [0.15, 0.2) is 35.1 Å². The maximum absolute atomic E-state index is 13.4. The third-order valence-electron chi connectivity index (χ3n) is 6.27. The van der Waals surface area contributed by atoms with Gasteiger partial charge in [-0.2, -0.15) is 0 Å². The number of halogens is 1. The number of hydrogen-bond acceptors (Lipinski definition) is 3. The van der Waals surface area contributed by atoms with E-state index in [1.54, 1.807) is 12.1 Å². The van der Waals surface area contributed by atoms with Crippen LogP contribution in [0.2, 0.25) is 0 Å². The first-order valence-corrected chi connectivity index (χ1v) is 10.7. The molecule has 2 aliphatic rings. The van der Waals surface area contributed by atoms with Crippen LogP contribution in [-0.2, 0) is 11.2 Å². The summed E-state index contributed by atoms with van der Waals surface area (Å²) in [7, 11) is 0. The van der Waals surface area contributed by atoms with Crippen LogP contribution in [0.1, 0.15) is 80.4 Å². The second-order valence-electron chi connectivity index (χ2n) is 8.48. The topological polar surface area (TPSA) is 74.8 Å². The zero-order valence-electron chi connectivity index (χ0n) is 16.6. The van der Waals surface area contributed by atoms with Gasteiger partial charge in [0.05, 0.1) is 11.7 Å². The highest BCUT2D eigenvalue weighted by Gasteiger charge is 2.24. The highest BCUT2D eigenvalue weighted by Crippen LogP contribution is 2.34. The Morgan fingerprint density at radius 1 is 1.14 bits per heavy atom. The van der Waals surface area contributed by atoms with Crippen LogP contribution in [0.4, 0.5) is 4.39 Å². The molecular formula is C23H28FN3O2. The molecule has 1 aromatic heterocycles. The van der Waals surface area contributed by atoms with Crippen molar-refractivity contribution in [3.8, 4) is 0 Å². The lowest BCUT2D eigenvalue weighted by molar-refractivity contribution is -0.122. The molecule has 0 aliphatic heterocycles. The number of aromatic amines is 1. The highest BCUT2D eigenvalue weighted by molar-refractivity contribution is 5.76. The minimum Gasteiger partial charge on any atom is -0.349 e. The summed E-state index contributed by atoms with van der Waals surface area (Å²) in [5, 5.41) is 3.11. The van der Waals surface area contributed by atoms with Crippen LogP contribution < -0.4 is 10.9 Å². The van der Waals surface area contributed by atoms with Crippen molar-refractivity contribution in [3.05, 3.63) is 63.6 Å². The Hall–Kier alpha value is -2.50. The van der Waals surface area contributed by atoms with Crippen LogP contribution in [-0.4, -0.2) is 15.9 Å². The second kappa shape index (κ2) is 8.89. The minimum absolute atomic E-state index is 0.00952. The molecule has 2 aliphatic carbocycles. The number of aromatic nitrogens is 2. The van der Waals surface area contributed by atoms with Gasteiger partial charge in [-0.15, -0.1) is 0 Å². The second-order valence-corrected chi connectivity index (χ2v) is 8.48. The molecule has 0 saturated heterocycles. The maximum Gasteiger partial charge on any atom is 0.251 e. The van der Waals surface area contributed by atoms with Gasteiger partial charge in [-0.25, -0.2) is 9.37 Å². The fourth-order valence-corrected chi connectivity index (χ4v) is 4.39. The van der Waals surface area contributed by atoms with Gasteiger partial charge in [-0.3, -0.25) is 9.59 Å². The lowest BCUT2D eigenvalue weighted by Crippen LogP contribution is -2.32. The van der Waals surface area contributed by atoms with Crippen molar-refractivity contribution in [2.75, 3.05) is 0 Å². The minimum atomic E-state index is -0.340. The van der Waals surface area contributed by atoms with Gasteiger partial charge in [0.25, 0.3) is 5.56 Å². The number of H-pyrrole nitrogens is 1. The average Bonchev–Trinajstić information content (AvgIpc) is 3.13. The predicted molar refractivity (Wildman–Crippen MR) is 109 cm³/mol. The molecule has 29 heavy (non-hydrogen) atoms. The number of amides is 1. The quantitative estimate of drug-likeness (QED) is 0.737. The van der Waals surface area contributed by atoms with E-state index in [-0.39, 0.29) is 23.3 Å². The Labute approximate surface area is 170 Å². The summed E-state index contributed by atoms with van der Waals surface area (Å²) >= 11 is 0. The molecule has 2 fully saturated rings. The van der Waals surface area contributed by atoms with Crippen LogP contribution >= 0.6 is 0 Å². The van der Waals surface area contributed by atoms with E-state index in [1.165, 1.54) is 31.0 Å². The van der Waals surface area contributed by atoms with Crippen molar-refractivity contribution in [2.45, 2.75) is 69.7 Å². The summed E-state index contributed by atoms with van der Waals surface area (Å²) in [5.41, 5.74) is 1.32. The number of benzene rings is 1. The molecule has 0 bridgehead atoms. The molecule has 1 amide bonds. The van der Waals surface area contributed by atoms with Crippen LogP contribution in [0.5, 0.6) is 0 Å². The molecule has 2 saturated carbocycles. The molecule has 154 valence electrons. The zero-order chi connectivity index (χ0) is 20.2. The third kappa shape index (κ3) is 5.11. The standard InChI is InChI=1S/C23H28FN3O2/c24-18-10-8-16(9-11-18)20(26-21(28)12-15-4-1-2-5-15)13-19-14-22(29)27-23(25-19)17-6-3-7-17/h8-11,14-15,17,20H,1-7,12-13H2,(H,26,28)(H,25,27,29)/t20-/m0/s1. The molecule has 1 heterocycles. The molecule has 1 atom stereocenters. The Bertz CT molecular complexity index is 899. The van der Waals surface area contributed by atoms with E-state index in [1.807, 2.05) is 0 Å². The largest absolute Gasteiger partial charge is 0.349 e. The summed E-state index contributed by atoms with van der Waals surface area (Å²) < 4.78 is 13.4. The first kappa shape index (κ1) is 19.8. The monoisotopic (exact) mass is 397 g/mol. The van der Waals surface area contributed by atoms with Crippen molar-refractivity contribution >= 4 is 5.91 Å². The first-order valence-electron chi connectivity index (χ1n) is 10.7. The lowest BCUT2D eigenvalue weighted by atomic mass is 9.85. The Balaban J connectivity index is 1.53. The Morgan fingerprint density at radius 3 is 2.52 bits per heavy atom. The van der Waals surface area contributed by atoms with Gasteiger partial charge in [0.15, 0.2) is 0 Å². The van der Waals surface area contributed by atoms with E-state index in [0.29, 0.717) is 30.4 Å². The van der Waals surface area contributed by atoms with Crippen LogP contribution in [0, 0.1) is 11.7 Å². The van der Waals surface area contributed by atoms with Crippen molar-refractivity contribution in [1.29, 1.82) is 0 Å². The molecule has 0 unspecified atom stereocenters. The number of nitrogens with zero attached hydrogens (tertiary/aromatic N) is 1. The average molecular weight is 397 g/mol. The molecule has 4 rings (SSSR count). The number of carbonyl (C=O) groups excluding carboxylic acids is 1. The summed E-state index contributed by atoms with van der Waals surface area (Å²) in [4.78, 5) is 32.3. The predicted octanol–water partition coefficient (Wildman–Crippen LogP) is 4.16. The van der Waals surface area contributed by atoms with E-state index < -0.39 is 0 Å². The molecule has 0 radical (unpaired) electrons. The summed E-state index contributed by atoms with van der Waals surface area (Å²) in [6.45, 7) is 0. The zero-order valence-corrected chi connectivity index (χ0v) is 16.6. The maximum atomic E-state index is 13.4. The van der Waals surface area contributed by atoms with Gasteiger partial charge >= 0.3 is 0 Å². The van der Waals surface area contributed by atoms with Crippen LogP contribution in [0.3, 0.4) is 0 Å². The summed E-state index contributed by atoms with van der Waals surface area (Å²) in [6.07, 6.45) is 8.79. The van der Waals surface area contributed by atoms with Crippen molar-refractivity contribution in [1.82, 2.24) is 15.3 Å². The fourth-order valence-electron chi connectivity index (χ4n) is 4.39. The highest BCUT2D eigenvalue weighted by atomic mass is 19.1. The van der Waals surface area contributed by atoms with Crippen molar-refractivity contribution in [2.24, 2.45) is 5.92 Å². The van der Waals surface area contributed by atoms with E-state index in [4.69, 9.17) is 0 Å². The molecule has 1 aromatic carbocycles. The van der Waals surface area contributed by atoms with Gasteiger partial charge < -0.3 is 10.3 Å². The van der Waals surface area contributed by atoms with Gasteiger partial charge in [0.1, 0.15) is 11.6 Å². The van der Waals surface area contributed by atoms with E-state index in [2.05, 4.69) is 15.3 Å². The van der Waals surface area contributed by atoms with E-state index in [0.717, 1.165) is 43.5 Å². The molecule has 0 spiro atoms. The molecular weight excluding hydrogens is 369 g/mol. The fraction of sp³-hybridized carbons (Fsp3) is 0.522. The Morgan fingerprint density at radius 2 is 1.86 bits per heavy atom. The molecule has 6 heteroatoms. The summed E-state index contributed by atoms with van der Waals surface area (Å²) in [5.74, 6) is 1.21. The van der Waals surface area contributed by atoms with Gasteiger partial charge in [0, 0.05) is 24.8 Å². The van der Waals surface area contributed by atoms with Crippen molar-refractivity contribution < 1.29 is 9.18 Å². The molecule has 5 nitrogen and oxygen atoms in total. The van der Waals surface area contributed by atoms with E-state index >= 15 is 0 Å². The smallest absolute Gasteiger partial charge is 0.251 e. The first-order chi connectivity index (χ1) is 14.1. The lowest BCUT2D eigenvalue weighted by Gasteiger charge is -2.25. The normalized spacial score (nSPS) is 18.4. The molecule has 2 N–H and O–H groups in total. The summed E-state index contributed by atoms with van der Waals surface area (Å²) in [6, 6.07) is 7.34.